The molecule has 2 heteroatoms. The average Bonchev–Trinajstić information content (AvgIpc) is 3.36. The van der Waals surface area contributed by atoms with Crippen LogP contribution in [0.2, 0.25) is 0 Å². The van der Waals surface area contributed by atoms with E-state index in [1.54, 1.807) is 5.56 Å². The molecule has 1 N–H and O–H groups in total. The molecule has 1 saturated heterocycles. The summed E-state index contributed by atoms with van der Waals surface area (Å²) in [5.74, 6) is 1.69. The van der Waals surface area contributed by atoms with E-state index in [9.17, 15) is 0 Å². The van der Waals surface area contributed by atoms with Crippen LogP contribution in [0.3, 0.4) is 0 Å². The monoisotopic (exact) mass is 257 g/mol. The smallest absolute Gasteiger partial charge is 0.0757 e. The van der Waals surface area contributed by atoms with Gasteiger partial charge in [-0.15, -0.1) is 0 Å². The summed E-state index contributed by atoms with van der Waals surface area (Å²) in [6.07, 6.45) is 7.20. The van der Waals surface area contributed by atoms with Crippen molar-refractivity contribution < 1.29 is 4.74 Å². The molecule has 2 unspecified atom stereocenters. The molecule has 0 spiro atoms. The zero-order chi connectivity index (χ0) is 12.7. The standard InChI is InChI=1S/C17H23NO/c1-2-4-15(12-5-6-12)14(3-1)11-18-16-9-10-19-17(16)13-7-8-13/h1-4,12-13,16-18H,5-11H2. The molecule has 3 aliphatic rings. The lowest BCUT2D eigenvalue weighted by molar-refractivity contribution is 0.0808. The van der Waals surface area contributed by atoms with Crippen LogP contribution in [0.4, 0.5) is 0 Å². The molecule has 1 heterocycles. The van der Waals surface area contributed by atoms with Crippen LogP contribution in [-0.4, -0.2) is 18.8 Å². The van der Waals surface area contributed by atoms with Gasteiger partial charge in [-0.05, 0) is 55.1 Å². The van der Waals surface area contributed by atoms with E-state index in [1.165, 1.54) is 37.7 Å². The Morgan fingerprint density at radius 2 is 1.89 bits per heavy atom. The van der Waals surface area contributed by atoms with Gasteiger partial charge in [0.25, 0.3) is 0 Å². The summed E-state index contributed by atoms with van der Waals surface area (Å²) in [7, 11) is 0. The Hall–Kier alpha value is -0.860. The SMILES string of the molecule is c1ccc(C2CC2)c(CNC2CCOC2C2CC2)c1. The van der Waals surface area contributed by atoms with Gasteiger partial charge in [0.15, 0.2) is 0 Å². The highest BCUT2D eigenvalue weighted by Gasteiger charge is 2.40. The molecule has 19 heavy (non-hydrogen) atoms. The van der Waals surface area contributed by atoms with Gasteiger partial charge in [-0.1, -0.05) is 24.3 Å². The lowest BCUT2D eigenvalue weighted by Gasteiger charge is -2.20. The molecule has 0 amide bonds. The zero-order valence-corrected chi connectivity index (χ0v) is 11.5. The summed E-state index contributed by atoms with van der Waals surface area (Å²) >= 11 is 0. The Kier molecular flexibility index (Phi) is 3.08. The molecule has 0 aromatic heterocycles. The van der Waals surface area contributed by atoms with Crippen LogP contribution in [0.5, 0.6) is 0 Å². The molecule has 102 valence electrons. The van der Waals surface area contributed by atoms with Crippen molar-refractivity contribution in [2.75, 3.05) is 6.61 Å². The van der Waals surface area contributed by atoms with Crippen molar-refractivity contribution in [3.05, 3.63) is 35.4 Å². The molecular formula is C17H23NO. The molecule has 2 aliphatic carbocycles. The fourth-order valence-electron chi connectivity index (χ4n) is 3.45. The lowest BCUT2D eigenvalue weighted by Crippen LogP contribution is -2.37. The maximum Gasteiger partial charge on any atom is 0.0757 e. The third kappa shape index (κ3) is 2.56. The maximum atomic E-state index is 5.91. The molecule has 2 atom stereocenters. The van der Waals surface area contributed by atoms with E-state index in [1.807, 2.05) is 0 Å². The van der Waals surface area contributed by atoms with Crippen LogP contribution in [0.1, 0.15) is 49.1 Å². The van der Waals surface area contributed by atoms with Crippen LogP contribution in [0.15, 0.2) is 24.3 Å². The Balaban J connectivity index is 1.41. The molecule has 2 saturated carbocycles. The van der Waals surface area contributed by atoms with Crippen molar-refractivity contribution in [2.24, 2.45) is 5.92 Å². The largest absolute Gasteiger partial charge is 0.376 e. The lowest BCUT2D eigenvalue weighted by atomic mass is 10.0. The fourth-order valence-corrected chi connectivity index (χ4v) is 3.45. The Bertz CT molecular complexity index is 450. The number of rotatable bonds is 5. The minimum Gasteiger partial charge on any atom is -0.376 e. The Morgan fingerprint density at radius 3 is 2.68 bits per heavy atom. The second-order valence-corrected chi connectivity index (χ2v) is 6.42. The van der Waals surface area contributed by atoms with Gasteiger partial charge in [0.2, 0.25) is 0 Å². The van der Waals surface area contributed by atoms with E-state index in [4.69, 9.17) is 4.74 Å². The summed E-state index contributed by atoms with van der Waals surface area (Å²) in [5.41, 5.74) is 3.09. The number of nitrogens with one attached hydrogen (secondary N) is 1. The van der Waals surface area contributed by atoms with Crippen LogP contribution < -0.4 is 5.32 Å². The first-order valence-corrected chi connectivity index (χ1v) is 7.84. The Morgan fingerprint density at radius 1 is 1.05 bits per heavy atom. The first kappa shape index (κ1) is 11.9. The van der Waals surface area contributed by atoms with Gasteiger partial charge >= 0.3 is 0 Å². The van der Waals surface area contributed by atoms with Gasteiger partial charge in [-0.25, -0.2) is 0 Å². The second kappa shape index (κ2) is 4.92. The minimum atomic E-state index is 0.494. The van der Waals surface area contributed by atoms with Gasteiger partial charge in [-0.3, -0.25) is 0 Å². The number of hydrogen-bond donors (Lipinski definition) is 1. The van der Waals surface area contributed by atoms with Crippen LogP contribution in [0.25, 0.3) is 0 Å². The highest BCUT2D eigenvalue weighted by Crippen LogP contribution is 2.42. The molecule has 2 nitrogen and oxygen atoms in total. The topological polar surface area (TPSA) is 21.3 Å². The molecule has 4 rings (SSSR count). The predicted octanol–water partition coefficient (Wildman–Crippen LogP) is 3.22. The van der Waals surface area contributed by atoms with E-state index < -0.39 is 0 Å². The van der Waals surface area contributed by atoms with Crippen molar-refractivity contribution in [2.45, 2.75) is 56.7 Å². The van der Waals surface area contributed by atoms with Crippen LogP contribution in [0, 0.1) is 5.92 Å². The number of ether oxygens (including phenoxy) is 1. The predicted molar refractivity (Wildman–Crippen MR) is 76.1 cm³/mol. The molecule has 1 aromatic carbocycles. The van der Waals surface area contributed by atoms with Gasteiger partial charge in [0.1, 0.15) is 0 Å². The van der Waals surface area contributed by atoms with E-state index in [2.05, 4.69) is 29.6 Å². The molecule has 1 aliphatic heterocycles. The molecule has 3 fully saturated rings. The van der Waals surface area contributed by atoms with Crippen molar-refractivity contribution >= 4 is 0 Å². The van der Waals surface area contributed by atoms with Gasteiger partial charge < -0.3 is 10.1 Å². The van der Waals surface area contributed by atoms with Crippen molar-refractivity contribution in [1.82, 2.24) is 5.32 Å². The number of benzene rings is 1. The molecule has 0 radical (unpaired) electrons. The summed E-state index contributed by atoms with van der Waals surface area (Å²) in [6, 6.07) is 9.55. The quantitative estimate of drug-likeness (QED) is 0.874. The first-order valence-electron chi connectivity index (χ1n) is 7.84. The van der Waals surface area contributed by atoms with Crippen LogP contribution >= 0.6 is 0 Å². The maximum absolute atomic E-state index is 5.91. The second-order valence-electron chi connectivity index (χ2n) is 6.42. The normalized spacial score (nSPS) is 30.7. The summed E-state index contributed by atoms with van der Waals surface area (Å²) < 4.78 is 5.91. The molecule has 1 aromatic rings. The Labute approximate surface area is 115 Å². The van der Waals surface area contributed by atoms with Gasteiger partial charge in [-0.2, -0.15) is 0 Å². The molecular weight excluding hydrogens is 234 g/mol. The van der Waals surface area contributed by atoms with Crippen molar-refractivity contribution in [1.29, 1.82) is 0 Å². The van der Waals surface area contributed by atoms with Gasteiger partial charge in [0.05, 0.1) is 6.10 Å². The van der Waals surface area contributed by atoms with E-state index in [-0.39, 0.29) is 0 Å². The van der Waals surface area contributed by atoms with Gasteiger partial charge in [0, 0.05) is 19.2 Å². The van der Waals surface area contributed by atoms with E-state index >= 15 is 0 Å². The fraction of sp³-hybridized carbons (Fsp3) is 0.647. The van der Waals surface area contributed by atoms with E-state index in [0.29, 0.717) is 12.1 Å². The highest BCUT2D eigenvalue weighted by atomic mass is 16.5. The highest BCUT2D eigenvalue weighted by molar-refractivity contribution is 5.33. The summed E-state index contributed by atoms with van der Waals surface area (Å²) in [6.45, 7) is 1.97. The first-order chi connectivity index (χ1) is 9.42. The summed E-state index contributed by atoms with van der Waals surface area (Å²) in [4.78, 5) is 0. The number of hydrogen-bond acceptors (Lipinski definition) is 2. The van der Waals surface area contributed by atoms with Crippen molar-refractivity contribution in [3.63, 3.8) is 0 Å². The van der Waals surface area contributed by atoms with E-state index in [0.717, 1.165) is 25.0 Å². The van der Waals surface area contributed by atoms with Crippen LogP contribution in [-0.2, 0) is 11.3 Å². The minimum absolute atomic E-state index is 0.494. The summed E-state index contributed by atoms with van der Waals surface area (Å²) in [5, 5.41) is 3.77. The zero-order valence-electron chi connectivity index (χ0n) is 11.5. The molecule has 0 bridgehead atoms. The third-order valence-corrected chi connectivity index (χ3v) is 4.85. The van der Waals surface area contributed by atoms with Crippen molar-refractivity contribution in [3.8, 4) is 0 Å². The average molecular weight is 257 g/mol. The third-order valence-electron chi connectivity index (χ3n) is 4.85.